The predicted octanol–water partition coefficient (Wildman–Crippen LogP) is 2.67. The molecule has 98 valence electrons. The maximum atomic E-state index is 13.0. The van der Waals surface area contributed by atoms with Gasteiger partial charge in [0.2, 0.25) is 0 Å². The molecule has 0 saturated heterocycles. The lowest BCUT2D eigenvalue weighted by atomic mass is 10.1. The smallest absolute Gasteiger partial charge is 0.255 e. The number of benzene rings is 1. The van der Waals surface area contributed by atoms with E-state index in [0.717, 1.165) is 31.4 Å². The van der Waals surface area contributed by atoms with Gasteiger partial charge in [0.15, 0.2) is 0 Å². The highest BCUT2D eigenvalue weighted by Crippen LogP contribution is 2.29. The van der Waals surface area contributed by atoms with E-state index in [9.17, 15) is 14.3 Å². The van der Waals surface area contributed by atoms with Gasteiger partial charge in [-0.2, -0.15) is 0 Å². The van der Waals surface area contributed by atoms with Crippen molar-refractivity contribution in [2.24, 2.45) is 5.92 Å². The lowest BCUT2D eigenvalue weighted by Crippen LogP contribution is -2.31. The van der Waals surface area contributed by atoms with Crippen molar-refractivity contribution in [1.82, 2.24) is 5.32 Å². The molecule has 18 heavy (non-hydrogen) atoms. The molecule has 1 aliphatic rings. The first-order chi connectivity index (χ1) is 8.58. The summed E-state index contributed by atoms with van der Waals surface area (Å²) in [6.07, 6.45) is 3.02. The number of hydrogen-bond donors (Lipinski definition) is 2. The molecule has 3 nitrogen and oxygen atoms in total. The highest BCUT2D eigenvalue weighted by Gasteiger charge is 2.25. The first-order valence-corrected chi connectivity index (χ1v) is 6.42. The first-order valence-electron chi connectivity index (χ1n) is 5.98. The minimum absolute atomic E-state index is 0.0425. The van der Waals surface area contributed by atoms with E-state index in [1.54, 1.807) is 0 Å². The van der Waals surface area contributed by atoms with E-state index < -0.39 is 11.7 Å². The molecule has 0 bridgehead atoms. The van der Waals surface area contributed by atoms with Gasteiger partial charge >= 0.3 is 0 Å². The van der Waals surface area contributed by atoms with Crippen molar-refractivity contribution >= 4 is 17.5 Å². The van der Waals surface area contributed by atoms with Gasteiger partial charge in [-0.05, 0) is 37.0 Å². The van der Waals surface area contributed by atoms with Crippen LogP contribution in [0.2, 0.25) is 0 Å². The Labute approximate surface area is 110 Å². The summed E-state index contributed by atoms with van der Waals surface area (Å²) < 4.78 is 13.0. The molecule has 1 fully saturated rings. The summed E-state index contributed by atoms with van der Waals surface area (Å²) in [5.41, 5.74) is -0.0425. The summed E-state index contributed by atoms with van der Waals surface area (Å²) in [6, 6.07) is 3.31. The van der Waals surface area contributed by atoms with E-state index in [1.807, 2.05) is 0 Å². The van der Waals surface area contributed by atoms with Gasteiger partial charge in [0, 0.05) is 11.9 Å². The van der Waals surface area contributed by atoms with Crippen molar-refractivity contribution < 1.29 is 14.3 Å². The highest BCUT2D eigenvalue weighted by atomic mass is 35.5. The fourth-order valence-electron chi connectivity index (χ4n) is 2.23. The molecular weight excluding hydrogens is 257 g/mol. The molecule has 0 aliphatic heterocycles. The quantitative estimate of drug-likeness (QED) is 0.831. The zero-order valence-corrected chi connectivity index (χ0v) is 10.6. The van der Waals surface area contributed by atoms with Crippen LogP contribution in [0.1, 0.15) is 29.6 Å². The number of carbonyl (C=O) groups excluding carboxylic acids is 1. The van der Waals surface area contributed by atoms with Crippen molar-refractivity contribution in [2.45, 2.75) is 24.6 Å². The summed E-state index contributed by atoms with van der Waals surface area (Å²) in [7, 11) is 0. The van der Waals surface area contributed by atoms with Crippen molar-refractivity contribution in [3.63, 3.8) is 0 Å². The average molecular weight is 272 g/mol. The van der Waals surface area contributed by atoms with Crippen LogP contribution in [-0.2, 0) is 0 Å². The lowest BCUT2D eigenvalue weighted by molar-refractivity contribution is 0.0944. The van der Waals surface area contributed by atoms with Crippen LogP contribution >= 0.6 is 11.6 Å². The molecule has 0 spiro atoms. The highest BCUT2D eigenvalue weighted by molar-refractivity contribution is 6.21. The zero-order chi connectivity index (χ0) is 13.1. The molecule has 2 N–H and O–H groups in total. The van der Waals surface area contributed by atoms with Gasteiger partial charge in [-0.25, -0.2) is 4.39 Å². The third kappa shape index (κ3) is 2.93. The van der Waals surface area contributed by atoms with Crippen LogP contribution in [0.5, 0.6) is 5.75 Å². The number of phenolic OH excluding ortho intramolecular Hbond substituents is 1. The standard InChI is InChI=1S/C13H15ClFNO2/c14-11-3-1-2-8(11)7-16-13(18)10-6-9(15)4-5-12(10)17/h4-6,8,11,17H,1-3,7H2,(H,16,18). The topological polar surface area (TPSA) is 49.3 Å². The molecule has 1 aromatic rings. The Bertz CT molecular complexity index is 453. The Hall–Kier alpha value is -1.29. The molecule has 0 heterocycles. The number of aromatic hydroxyl groups is 1. The number of phenols is 1. The molecule has 0 radical (unpaired) electrons. The fourth-order valence-corrected chi connectivity index (χ4v) is 2.60. The number of amides is 1. The monoisotopic (exact) mass is 271 g/mol. The Kier molecular flexibility index (Phi) is 4.07. The molecule has 5 heteroatoms. The Morgan fingerprint density at radius 1 is 1.50 bits per heavy atom. The SMILES string of the molecule is O=C(NCC1CCCC1Cl)c1cc(F)ccc1O. The van der Waals surface area contributed by atoms with Crippen LogP contribution in [0.4, 0.5) is 4.39 Å². The average Bonchev–Trinajstić information content (AvgIpc) is 2.75. The third-order valence-electron chi connectivity index (χ3n) is 3.29. The van der Waals surface area contributed by atoms with Gasteiger partial charge < -0.3 is 10.4 Å². The summed E-state index contributed by atoms with van der Waals surface area (Å²) in [6.45, 7) is 0.461. The lowest BCUT2D eigenvalue weighted by Gasteiger charge is -2.14. The number of hydrogen-bond acceptors (Lipinski definition) is 2. The Morgan fingerprint density at radius 3 is 2.94 bits per heavy atom. The van der Waals surface area contributed by atoms with Crippen LogP contribution in [-0.4, -0.2) is 22.9 Å². The van der Waals surface area contributed by atoms with Gasteiger partial charge in [-0.15, -0.1) is 11.6 Å². The molecule has 2 atom stereocenters. The van der Waals surface area contributed by atoms with Crippen molar-refractivity contribution in [2.75, 3.05) is 6.54 Å². The minimum atomic E-state index is -0.547. The van der Waals surface area contributed by atoms with Crippen LogP contribution in [0, 0.1) is 11.7 Å². The van der Waals surface area contributed by atoms with Crippen LogP contribution in [0.25, 0.3) is 0 Å². The Balaban J connectivity index is 1.97. The summed E-state index contributed by atoms with van der Waals surface area (Å²) in [4.78, 5) is 11.8. The maximum Gasteiger partial charge on any atom is 0.255 e. The third-order valence-corrected chi connectivity index (χ3v) is 3.87. The number of nitrogens with one attached hydrogen (secondary N) is 1. The predicted molar refractivity (Wildman–Crippen MR) is 67.4 cm³/mol. The Morgan fingerprint density at radius 2 is 2.28 bits per heavy atom. The molecular formula is C13H15ClFNO2. The molecule has 1 aromatic carbocycles. The van der Waals surface area contributed by atoms with Gasteiger partial charge in [0.05, 0.1) is 5.56 Å². The first kappa shape index (κ1) is 13.1. The summed E-state index contributed by atoms with van der Waals surface area (Å²) in [5.74, 6) is -0.981. The molecule has 1 saturated carbocycles. The zero-order valence-electron chi connectivity index (χ0n) is 9.83. The van der Waals surface area contributed by atoms with Gasteiger partial charge in [-0.3, -0.25) is 4.79 Å². The van der Waals surface area contributed by atoms with Gasteiger partial charge in [-0.1, -0.05) is 6.42 Å². The number of alkyl halides is 1. The second-order valence-corrected chi connectivity index (χ2v) is 5.14. The van der Waals surface area contributed by atoms with Crippen molar-refractivity contribution in [3.05, 3.63) is 29.6 Å². The maximum absolute atomic E-state index is 13.0. The molecule has 2 rings (SSSR count). The van der Waals surface area contributed by atoms with Gasteiger partial charge in [0.1, 0.15) is 11.6 Å². The summed E-state index contributed by atoms with van der Waals surface area (Å²) in [5, 5.41) is 12.3. The van der Waals surface area contributed by atoms with Crippen LogP contribution in [0.15, 0.2) is 18.2 Å². The van der Waals surface area contributed by atoms with E-state index in [4.69, 9.17) is 11.6 Å². The van der Waals surface area contributed by atoms with Crippen molar-refractivity contribution in [1.29, 1.82) is 0 Å². The van der Waals surface area contributed by atoms with Crippen LogP contribution in [0.3, 0.4) is 0 Å². The minimum Gasteiger partial charge on any atom is -0.507 e. The molecule has 1 amide bonds. The molecule has 2 unspecified atom stereocenters. The number of carbonyl (C=O) groups is 1. The molecule has 0 aromatic heterocycles. The van der Waals surface area contributed by atoms with E-state index in [0.29, 0.717) is 6.54 Å². The largest absolute Gasteiger partial charge is 0.507 e. The molecule has 1 aliphatic carbocycles. The fraction of sp³-hybridized carbons (Fsp3) is 0.462. The van der Waals surface area contributed by atoms with Crippen molar-refractivity contribution in [3.8, 4) is 5.75 Å². The van der Waals surface area contributed by atoms with E-state index in [1.165, 1.54) is 6.07 Å². The second kappa shape index (κ2) is 5.57. The number of halogens is 2. The second-order valence-electron chi connectivity index (χ2n) is 4.58. The normalized spacial score (nSPS) is 23.0. The number of rotatable bonds is 3. The van der Waals surface area contributed by atoms with Gasteiger partial charge in [0.25, 0.3) is 5.91 Å². The summed E-state index contributed by atoms with van der Waals surface area (Å²) >= 11 is 6.10. The van der Waals surface area contributed by atoms with Crippen LogP contribution < -0.4 is 5.32 Å². The van der Waals surface area contributed by atoms with E-state index >= 15 is 0 Å². The van der Waals surface area contributed by atoms with E-state index in [-0.39, 0.29) is 22.6 Å². The van der Waals surface area contributed by atoms with E-state index in [2.05, 4.69) is 5.32 Å².